The monoisotopic (exact) mass is 215 g/mol. The predicted octanol–water partition coefficient (Wildman–Crippen LogP) is 1.76. The van der Waals surface area contributed by atoms with Gasteiger partial charge >= 0.3 is 0 Å². The fourth-order valence-corrected chi connectivity index (χ4v) is 1.51. The van der Waals surface area contributed by atoms with Gasteiger partial charge in [-0.05, 0) is 25.8 Å². The van der Waals surface area contributed by atoms with Gasteiger partial charge in [-0.3, -0.25) is 4.98 Å². The molecule has 0 bridgehead atoms. The third kappa shape index (κ3) is 2.36. The average Bonchev–Trinajstić information content (AvgIpc) is 2.11. The molecule has 3 nitrogen and oxygen atoms in total. The molecule has 2 N–H and O–H groups in total. The molecule has 0 aliphatic heterocycles. The molecule has 0 saturated heterocycles. The smallest absolute Gasteiger partial charge is 0.142 e. The van der Waals surface area contributed by atoms with E-state index in [2.05, 4.69) is 4.98 Å². The third-order valence-electron chi connectivity index (χ3n) is 2.09. The zero-order chi connectivity index (χ0) is 10.7. The van der Waals surface area contributed by atoms with Gasteiger partial charge < -0.3 is 10.2 Å². The molecule has 0 spiro atoms. The Bertz CT molecular complexity index is 326. The molecule has 0 fully saturated rings. The van der Waals surface area contributed by atoms with Gasteiger partial charge in [0.2, 0.25) is 0 Å². The number of pyridine rings is 1. The molecule has 1 heterocycles. The largest absolute Gasteiger partial charge is 0.506 e. The van der Waals surface area contributed by atoms with Crippen LogP contribution in [0.25, 0.3) is 0 Å². The van der Waals surface area contributed by atoms with E-state index in [4.69, 9.17) is 16.7 Å². The van der Waals surface area contributed by atoms with Crippen molar-refractivity contribution in [1.82, 2.24) is 4.98 Å². The second kappa shape index (κ2) is 4.62. The molecule has 0 aliphatic carbocycles. The summed E-state index contributed by atoms with van der Waals surface area (Å²) in [5, 5.41) is 18.7. The number of nitrogens with zero attached hydrogens (tertiary/aromatic N) is 1. The fourth-order valence-electron chi connectivity index (χ4n) is 1.34. The van der Waals surface area contributed by atoms with Crippen molar-refractivity contribution in [3.8, 4) is 5.75 Å². The average molecular weight is 216 g/mol. The summed E-state index contributed by atoms with van der Waals surface area (Å²) in [6.45, 7) is 3.37. The quantitative estimate of drug-likeness (QED) is 0.756. The van der Waals surface area contributed by atoms with E-state index in [0.29, 0.717) is 17.7 Å². The molecule has 1 aromatic heterocycles. The molecular weight excluding hydrogens is 202 g/mol. The molecule has 1 unspecified atom stereocenters. The van der Waals surface area contributed by atoms with Crippen LogP contribution in [0.4, 0.5) is 0 Å². The highest BCUT2D eigenvalue weighted by Gasteiger charge is 2.12. The molecule has 0 aromatic carbocycles. The first-order valence-corrected chi connectivity index (χ1v) is 4.91. The number of aliphatic hydroxyl groups is 1. The number of aliphatic hydroxyl groups excluding tert-OH is 1. The van der Waals surface area contributed by atoms with Crippen LogP contribution < -0.4 is 0 Å². The van der Waals surface area contributed by atoms with E-state index in [1.54, 1.807) is 13.1 Å². The van der Waals surface area contributed by atoms with Gasteiger partial charge in [0.15, 0.2) is 0 Å². The molecule has 14 heavy (non-hydrogen) atoms. The lowest BCUT2D eigenvalue weighted by Crippen LogP contribution is -2.04. The molecule has 1 atom stereocenters. The highest BCUT2D eigenvalue weighted by atomic mass is 35.5. The molecule has 78 valence electrons. The number of alkyl halides is 1. The van der Waals surface area contributed by atoms with Gasteiger partial charge in [-0.2, -0.15) is 0 Å². The zero-order valence-corrected chi connectivity index (χ0v) is 9.04. The Hall–Kier alpha value is -0.800. The number of hydrogen-bond donors (Lipinski definition) is 2. The van der Waals surface area contributed by atoms with Crippen molar-refractivity contribution in [2.75, 3.05) is 0 Å². The van der Waals surface area contributed by atoms with Crippen molar-refractivity contribution < 1.29 is 10.2 Å². The van der Waals surface area contributed by atoms with Crippen molar-refractivity contribution in [1.29, 1.82) is 0 Å². The van der Waals surface area contributed by atoms with E-state index in [1.165, 1.54) is 0 Å². The standard InChI is InChI=1S/C10H14ClNO2/c1-6(11)3-8-4-12-7(2)10(14)9(8)5-13/h4,6,13-14H,3,5H2,1-2H3. The van der Waals surface area contributed by atoms with E-state index in [0.717, 1.165) is 5.56 Å². The van der Waals surface area contributed by atoms with Crippen LogP contribution in [0.3, 0.4) is 0 Å². The first-order chi connectivity index (χ1) is 6.56. The Balaban J connectivity index is 3.10. The minimum Gasteiger partial charge on any atom is -0.506 e. The molecule has 1 rings (SSSR count). The molecule has 0 saturated carbocycles. The number of rotatable bonds is 3. The molecule has 4 heteroatoms. The second-order valence-electron chi connectivity index (χ2n) is 3.34. The topological polar surface area (TPSA) is 53.4 Å². The van der Waals surface area contributed by atoms with Gasteiger partial charge in [0.05, 0.1) is 12.3 Å². The fraction of sp³-hybridized carbons (Fsp3) is 0.500. The molecule has 0 amide bonds. The summed E-state index contributed by atoms with van der Waals surface area (Å²) in [5.41, 5.74) is 1.86. The SMILES string of the molecule is Cc1ncc(CC(C)Cl)c(CO)c1O. The van der Waals surface area contributed by atoms with Crippen molar-refractivity contribution in [2.24, 2.45) is 0 Å². The maximum absolute atomic E-state index is 9.63. The number of aromatic hydroxyl groups is 1. The third-order valence-corrected chi connectivity index (χ3v) is 2.24. The Labute approximate surface area is 88.4 Å². The van der Waals surface area contributed by atoms with Gasteiger partial charge in [-0.25, -0.2) is 0 Å². The summed E-state index contributed by atoms with van der Waals surface area (Å²) in [6, 6.07) is 0. The summed E-state index contributed by atoms with van der Waals surface area (Å²) >= 11 is 5.84. The van der Waals surface area contributed by atoms with Crippen LogP contribution in [-0.4, -0.2) is 20.6 Å². The Morgan fingerprint density at radius 3 is 2.71 bits per heavy atom. The van der Waals surface area contributed by atoms with Crippen molar-refractivity contribution in [2.45, 2.75) is 32.3 Å². The van der Waals surface area contributed by atoms with Crippen LogP contribution >= 0.6 is 11.6 Å². The number of halogens is 1. The van der Waals surface area contributed by atoms with E-state index in [9.17, 15) is 5.11 Å². The highest BCUT2D eigenvalue weighted by molar-refractivity contribution is 6.20. The van der Waals surface area contributed by atoms with E-state index in [1.807, 2.05) is 6.92 Å². The second-order valence-corrected chi connectivity index (χ2v) is 4.08. The molecule has 0 radical (unpaired) electrons. The van der Waals surface area contributed by atoms with Crippen molar-refractivity contribution >= 4 is 11.6 Å². The Kier molecular flexibility index (Phi) is 3.72. The van der Waals surface area contributed by atoms with Gasteiger partial charge in [0, 0.05) is 17.1 Å². The van der Waals surface area contributed by atoms with Crippen LogP contribution in [0.1, 0.15) is 23.7 Å². The normalized spacial score (nSPS) is 12.9. The highest BCUT2D eigenvalue weighted by Crippen LogP contribution is 2.25. The molecular formula is C10H14ClNO2. The lowest BCUT2D eigenvalue weighted by atomic mass is 10.0. The maximum Gasteiger partial charge on any atom is 0.142 e. The first-order valence-electron chi connectivity index (χ1n) is 4.47. The van der Waals surface area contributed by atoms with Crippen LogP contribution in [0.15, 0.2) is 6.20 Å². The van der Waals surface area contributed by atoms with Crippen LogP contribution in [0.5, 0.6) is 5.75 Å². The first kappa shape index (κ1) is 11.3. The number of hydrogen-bond acceptors (Lipinski definition) is 3. The lowest BCUT2D eigenvalue weighted by Gasteiger charge is -2.11. The predicted molar refractivity (Wildman–Crippen MR) is 55.6 cm³/mol. The summed E-state index contributed by atoms with van der Waals surface area (Å²) in [4.78, 5) is 4.02. The lowest BCUT2D eigenvalue weighted by molar-refractivity contribution is 0.273. The number of aromatic nitrogens is 1. The zero-order valence-electron chi connectivity index (χ0n) is 8.29. The summed E-state index contributed by atoms with van der Waals surface area (Å²) in [7, 11) is 0. The number of aryl methyl sites for hydroxylation is 1. The van der Waals surface area contributed by atoms with E-state index < -0.39 is 0 Å². The summed E-state index contributed by atoms with van der Waals surface area (Å²) < 4.78 is 0. The molecule has 0 aliphatic rings. The van der Waals surface area contributed by atoms with Crippen molar-refractivity contribution in [3.05, 3.63) is 23.0 Å². The van der Waals surface area contributed by atoms with Gasteiger partial charge in [-0.15, -0.1) is 11.6 Å². The van der Waals surface area contributed by atoms with E-state index >= 15 is 0 Å². The summed E-state index contributed by atoms with van der Waals surface area (Å²) in [5.74, 6) is 0.0716. The molecule has 1 aromatic rings. The Morgan fingerprint density at radius 1 is 1.57 bits per heavy atom. The minimum absolute atomic E-state index is 0.0378. The van der Waals surface area contributed by atoms with Crippen LogP contribution in [0.2, 0.25) is 0 Å². The van der Waals surface area contributed by atoms with Gasteiger partial charge in [0.25, 0.3) is 0 Å². The van der Waals surface area contributed by atoms with Crippen LogP contribution in [-0.2, 0) is 13.0 Å². The van der Waals surface area contributed by atoms with Gasteiger partial charge in [0.1, 0.15) is 5.75 Å². The summed E-state index contributed by atoms with van der Waals surface area (Å²) in [6.07, 6.45) is 2.25. The minimum atomic E-state index is -0.186. The van der Waals surface area contributed by atoms with Crippen molar-refractivity contribution in [3.63, 3.8) is 0 Å². The maximum atomic E-state index is 9.63. The Morgan fingerprint density at radius 2 is 2.21 bits per heavy atom. The van der Waals surface area contributed by atoms with Crippen LogP contribution in [0, 0.1) is 6.92 Å². The van der Waals surface area contributed by atoms with Gasteiger partial charge in [-0.1, -0.05) is 0 Å². The van der Waals surface area contributed by atoms with E-state index in [-0.39, 0.29) is 17.7 Å².